The maximum Gasteiger partial charge on any atom is 0.128 e. The van der Waals surface area contributed by atoms with Crippen molar-refractivity contribution in [2.75, 3.05) is 50.7 Å². The molecular formula is C15H24N4. The molecule has 1 atom stereocenters. The van der Waals surface area contributed by atoms with Gasteiger partial charge in [-0.3, -0.25) is 4.90 Å². The van der Waals surface area contributed by atoms with Gasteiger partial charge in [0.2, 0.25) is 0 Å². The molecule has 2 aliphatic heterocycles. The van der Waals surface area contributed by atoms with E-state index in [1.165, 1.54) is 32.7 Å². The van der Waals surface area contributed by atoms with E-state index < -0.39 is 0 Å². The highest BCUT2D eigenvalue weighted by atomic mass is 15.3. The SMILES string of the molecule is CC(CN1CCN(c2ccccn2)CC1)C1CNC1. The van der Waals surface area contributed by atoms with Gasteiger partial charge in [-0.25, -0.2) is 4.98 Å². The van der Waals surface area contributed by atoms with Crippen LogP contribution in [-0.2, 0) is 0 Å². The van der Waals surface area contributed by atoms with Crippen molar-refractivity contribution in [3.05, 3.63) is 24.4 Å². The first kappa shape index (κ1) is 12.9. The van der Waals surface area contributed by atoms with Gasteiger partial charge in [-0.1, -0.05) is 13.0 Å². The van der Waals surface area contributed by atoms with Crippen LogP contribution in [0.5, 0.6) is 0 Å². The Hall–Kier alpha value is -1.13. The smallest absolute Gasteiger partial charge is 0.128 e. The molecule has 1 aromatic heterocycles. The van der Waals surface area contributed by atoms with Crippen LogP contribution >= 0.6 is 0 Å². The van der Waals surface area contributed by atoms with Crippen molar-refractivity contribution >= 4 is 5.82 Å². The van der Waals surface area contributed by atoms with Gasteiger partial charge in [0.15, 0.2) is 0 Å². The summed E-state index contributed by atoms with van der Waals surface area (Å²) in [5.41, 5.74) is 0. The van der Waals surface area contributed by atoms with Crippen LogP contribution in [-0.4, -0.2) is 55.7 Å². The fourth-order valence-electron chi connectivity index (χ4n) is 2.97. The summed E-state index contributed by atoms with van der Waals surface area (Å²) in [7, 11) is 0. The number of anilines is 1. The molecule has 19 heavy (non-hydrogen) atoms. The third kappa shape index (κ3) is 3.07. The molecule has 1 aromatic rings. The predicted molar refractivity (Wildman–Crippen MR) is 78.4 cm³/mol. The number of nitrogens with one attached hydrogen (secondary N) is 1. The highest BCUT2D eigenvalue weighted by Crippen LogP contribution is 2.19. The van der Waals surface area contributed by atoms with Gasteiger partial charge < -0.3 is 10.2 Å². The molecule has 2 aliphatic rings. The van der Waals surface area contributed by atoms with Crippen LogP contribution in [0.3, 0.4) is 0 Å². The number of hydrogen-bond acceptors (Lipinski definition) is 4. The highest BCUT2D eigenvalue weighted by molar-refractivity contribution is 5.38. The normalized spacial score (nSPS) is 23.1. The summed E-state index contributed by atoms with van der Waals surface area (Å²) in [6.07, 6.45) is 1.88. The first-order chi connectivity index (χ1) is 9.33. The first-order valence-electron chi connectivity index (χ1n) is 7.42. The largest absolute Gasteiger partial charge is 0.354 e. The minimum Gasteiger partial charge on any atom is -0.354 e. The summed E-state index contributed by atoms with van der Waals surface area (Å²) in [5.74, 6) is 2.84. The van der Waals surface area contributed by atoms with Gasteiger partial charge >= 0.3 is 0 Å². The van der Waals surface area contributed by atoms with Crippen molar-refractivity contribution in [1.29, 1.82) is 0 Å². The van der Waals surface area contributed by atoms with Crippen LogP contribution in [0.1, 0.15) is 6.92 Å². The molecule has 0 aromatic carbocycles. The monoisotopic (exact) mass is 260 g/mol. The summed E-state index contributed by atoms with van der Waals surface area (Å²) < 4.78 is 0. The molecule has 0 amide bonds. The number of pyridine rings is 1. The fourth-order valence-corrected chi connectivity index (χ4v) is 2.97. The molecular weight excluding hydrogens is 236 g/mol. The van der Waals surface area contributed by atoms with E-state index >= 15 is 0 Å². The molecule has 0 saturated carbocycles. The average Bonchev–Trinajstić information content (AvgIpc) is 2.38. The van der Waals surface area contributed by atoms with Crippen LogP contribution in [0.4, 0.5) is 5.82 Å². The number of rotatable bonds is 4. The lowest BCUT2D eigenvalue weighted by Gasteiger charge is -2.39. The van der Waals surface area contributed by atoms with Gasteiger partial charge in [0.05, 0.1) is 0 Å². The molecule has 2 saturated heterocycles. The van der Waals surface area contributed by atoms with Crippen LogP contribution in [0.25, 0.3) is 0 Å². The third-order valence-electron chi connectivity index (χ3n) is 4.51. The summed E-state index contributed by atoms with van der Waals surface area (Å²) in [6.45, 7) is 10.6. The maximum absolute atomic E-state index is 4.44. The minimum absolute atomic E-state index is 0.822. The minimum atomic E-state index is 0.822. The van der Waals surface area contributed by atoms with E-state index in [4.69, 9.17) is 0 Å². The highest BCUT2D eigenvalue weighted by Gasteiger charge is 2.26. The molecule has 104 valence electrons. The van der Waals surface area contributed by atoms with Gasteiger partial charge in [-0.05, 0) is 37.1 Å². The Balaban J connectivity index is 1.46. The van der Waals surface area contributed by atoms with Crippen LogP contribution < -0.4 is 10.2 Å². The topological polar surface area (TPSA) is 31.4 Å². The molecule has 0 spiro atoms. The quantitative estimate of drug-likeness (QED) is 0.877. The second kappa shape index (κ2) is 5.88. The molecule has 3 rings (SSSR count). The van der Waals surface area contributed by atoms with Gasteiger partial charge in [-0.15, -0.1) is 0 Å². The maximum atomic E-state index is 4.44. The Morgan fingerprint density at radius 1 is 1.26 bits per heavy atom. The predicted octanol–water partition coefficient (Wildman–Crippen LogP) is 1.06. The molecule has 4 heteroatoms. The standard InChI is InChI=1S/C15H24N4/c1-13(14-10-16-11-14)12-18-6-8-19(9-7-18)15-4-2-3-5-17-15/h2-5,13-14,16H,6-12H2,1H3. The summed E-state index contributed by atoms with van der Waals surface area (Å²) in [6, 6.07) is 6.16. The Kier molecular flexibility index (Phi) is 3.99. The number of nitrogens with zero attached hydrogens (tertiary/aromatic N) is 3. The lowest BCUT2D eigenvalue weighted by atomic mass is 9.88. The zero-order chi connectivity index (χ0) is 13.1. The summed E-state index contributed by atoms with van der Waals surface area (Å²) in [5, 5.41) is 3.37. The molecule has 0 radical (unpaired) electrons. The lowest BCUT2D eigenvalue weighted by molar-refractivity contribution is 0.160. The van der Waals surface area contributed by atoms with Crippen LogP contribution in [0.15, 0.2) is 24.4 Å². The lowest BCUT2D eigenvalue weighted by Crippen LogP contribution is -2.52. The molecule has 1 N–H and O–H groups in total. The Bertz CT molecular complexity index is 382. The van der Waals surface area contributed by atoms with E-state index in [1.807, 2.05) is 12.3 Å². The zero-order valence-corrected chi connectivity index (χ0v) is 11.8. The van der Waals surface area contributed by atoms with Crippen molar-refractivity contribution < 1.29 is 0 Å². The molecule has 1 unspecified atom stereocenters. The Labute approximate surface area is 115 Å². The van der Waals surface area contributed by atoms with Crippen LogP contribution in [0.2, 0.25) is 0 Å². The number of piperazine rings is 1. The summed E-state index contributed by atoms with van der Waals surface area (Å²) >= 11 is 0. The molecule has 0 bridgehead atoms. The number of aromatic nitrogens is 1. The fraction of sp³-hybridized carbons (Fsp3) is 0.667. The number of hydrogen-bond donors (Lipinski definition) is 1. The first-order valence-corrected chi connectivity index (χ1v) is 7.42. The van der Waals surface area contributed by atoms with Gasteiger partial charge in [-0.2, -0.15) is 0 Å². The molecule has 0 aliphatic carbocycles. The van der Waals surface area contributed by atoms with E-state index in [2.05, 4.69) is 39.2 Å². The van der Waals surface area contributed by atoms with Crippen molar-refractivity contribution in [2.24, 2.45) is 11.8 Å². The van der Waals surface area contributed by atoms with E-state index in [0.717, 1.165) is 30.7 Å². The summed E-state index contributed by atoms with van der Waals surface area (Å²) in [4.78, 5) is 9.45. The van der Waals surface area contributed by atoms with Gasteiger partial charge in [0.25, 0.3) is 0 Å². The molecule has 3 heterocycles. The molecule has 4 nitrogen and oxygen atoms in total. The van der Waals surface area contributed by atoms with Crippen molar-refractivity contribution in [1.82, 2.24) is 15.2 Å². The van der Waals surface area contributed by atoms with E-state index in [1.54, 1.807) is 0 Å². The Morgan fingerprint density at radius 2 is 2.05 bits per heavy atom. The second-order valence-electron chi connectivity index (χ2n) is 5.87. The zero-order valence-electron chi connectivity index (χ0n) is 11.8. The second-order valence-corrected chi connectivity index (χ2v) is 5.87. The average molecular weight is 260 g/mol. The molecule has 2 fully saturated rings. The van der Waals surface area contributed by atoms with E-state index in [9.17, 15) is 0 Å². The van der Waals surface area contributed by atoms with E-state index in [0.29, 0.717) is 0 Å². The van der Waals surface area contributed by atoms with E-state index in [-0.39, 0.29) is 0 Å². The van der Waals surface area contributed by atoms with Crippen molar-refractivity contribution in [3.8, 4) is 0 Å². The van der Waals surface area contributed by atoms with Crippen LogP contribution in [0, 0.1) is 11.8 Å². The van der Waals surface area contributed by atoms with Gasteiger partial charge in [0.1, 0.15) is 5.82 Å². The van der Waals surface area contributed by atoms with Crippen molar-refractivity contribution in [3.63, 3.8) is 0 Å². The van der Waals surface area contributed by atoms with Gasteiger partial charge in [0, 0.05) is 38.9 Å². The van der Waals surface area contributed by atoms with Crippen molar-refractivity contribution in [2.45, 2.75) is 6.92 Å². The third-order valence-corrected chi connectivity index (χ3v) is 4.51. The Morgan fingerprint density at radius 3 is 2.63 bits per heavy atom.